The quantitative estimate of drug-likeness (QED) is 0.186. The molecule has 10 rings (SSSR count). The van der Waals surface area contributed by atoms with Crippen molar-refractivity contribution in [2.75, 3.05) is 4.90 Å². The summed E-state index contributed by atoms with van der Waals surface area (Å²) in [6.07, 6.45) is 0. The van der Waals surface area contributed by atoms with E-state index >= 15 is 0 Å². The molecule has 0 fully saturated rings. The number of thiophene rings is 1. The van der Waals surface area contributed by atoms with Crippen LogP contribution in [0.25, 0.3) is 75.1 Å². The van der Waals surface area contributed by atoms with Crippen LogP contribution < -0.4 is 4.90 Å². The first-order valence-corrected chi connectivity index (χ1v) is 17.4. The molecule has 0 bridgehead atoms. The molecule has 2 nitrogen and oxygen atoms in total. The van der Waals surface area contributed by atoms with Crippen molar-refractivity contribution in [3.05, 3.63) is 176 Å². The van der Waals surface area contributed by atoms with Gasteiger partial charge in [-0.05, 0) is 93.7 Å². The van der Waals surface area contributed by atoms with E-state index in [2.05, 4.69) is 169 Å². The minimum Gasteiger partial charge on any atom is -0.456 e. The van der Waals surface area contributed by atoms with Gasteiger partial charge in [-0.15, -0.1) is 11.3 Å². The molecule has 230 valence electrons. The number of anilines is 3. The lowest BCUT2D eigenvalue weighted by Crippen LogP contribution is -2.09. The summed E-state index contributed by atoms with van der Waals surface area (Å²) in [5.74, 6) is 0. The van der Waals surface area contributed by atoms with Crippen LogP contribution >= 0.6 is 11.3 Å². The predicted molar refractivity (Wildman–Crippen MR) is 210 cm³/mol. The molecule has 0 saturated carbocycles. The van der Waals surface area contributed by atoms with E-state index < -0.39 is 0 Å². The normalized spacial score (nSPS) is 11.7. The fraction of sp³-hybridized carbons (Fsp3) is 0. The molecule has 10 aromatic rings. The van der Waals surface area contributed by atoms with Gasteiger partial charge in [0.1, 0.15) is 11.2 Å². The van der Waals surface area contributed by atoms with Crippen molar-refractivity contribution in [1.29, 1.82) is 0 Å². The van der Waals surface area contributed by atoms with E-state index in [0.29, 0.717) is 0 Å². The number of nitrogens with zero attached hydrogens (tertiary/aromatic N) is 1. The lowest BCUT2D eigenvalue weighted by atomic mass is 9.94. The molecule has 0 aliphatic carbocycles. The van der Waals surface area contributed by atoms with Crippen molar-refractivity contribution < 1.29 is 4.42 Å². The van der Waals surface area contributed by atoms with Crippen LogP contribution in [0.4, 0.5) is 17.1 Å². The number of hydrogen-bond acceptors (Lipinski definition) is 3. The van der Waals surface area contributed by atoms with Crippen molar-refractivity contribution in [3.63, 3.8) is 0 Å². The molecule has 0 unspecified atom stereocenters. The lowest BCUT2D eigenvalue weighted by molar-refractivity contribution is 0.669. The minimum atomic E-state index is 0.891. The first-order chi connectivity index (χ1) is 24.3. The second-order valence-corrected chi connectivity index (χ2v) is 13.6. The highest BCUT2D eigenvalue weighted by Crippen LogP contribution is 2.44. The second kappa shape index (κ2) is 11.2. The molecule has 0 atom stereocenters. The first-order valence-electron chi connectivity index (χ1n) is 16.6. The topological polar surface area (TPSA) is 16.4 Å². The number of fused-ring (bicyclic) bond motifs is 8. The van der Waals surface area contributed by atoms with Crippen LogP contribution in [0, 0.1) is 0 Å². The Balaban J connectivity index is 1.17. The van der Waals surface area contributed by atoms with Crippen molar-refractivity contribution in [2.45, 2.75) is 0 Å². The van der Waals surface area contributed by atoms with Crippen molar-refractivity contribution in [2.24, 2.45) is 0 Å². The van der Waals surface area contributed by atoms with Gasteiger partial charge in [0.25, 0.3) is 0 Å². The molecule has 2 aromatic heterocycles. The summed E-state index contributed by atoms with van der Waals surface area (Å²) in [5.41, 5.74) is 9.93. The summed E-state index contributed by atoms with van der Waals surface area (Å²) in [5, 5.41) is 7.37. The average Bonchev–Trinajstić information content (AvgIpc) is 3.74. The largest absolute Gasteiger partial charge is 0.456 e. The maximum atomic E-state index is 6.23. The van der Waals surface area contributed by atoms with Gasteiger partial charge in [-0.1, -0.05) is 115 Å². The van der Waals surface area contributed by atoms with Crippen LogP contribution in [0.15, 0.2) is 180 Å². The molecule has 0 N–H and O–H groups in total. The van der Waals surface area contributed by atoms with Crippen molar-refractivity contribution in [1.82, 2.24) is 0 Å². The third-order valence-electron chi connectivity index (χ3n) is 9.67. The molecular weight excluding hydrogens is 615 g/mol. The number of furan rings is 1. The molecular formula is C46H29NOS. The maximum Gasteiger partial charge on any atom is 0.135 e. The highest BCUT2D eigenvalue weighted by molar-refractivity contribution is 7.26. The molecule has 49 heavy (non-hydrogen) atoms. The zero-order valence-electron chi connectivity index (χ0n) is 26.5. The van der Waals surface area contributed by atoms with Gasteiger partial charge >= 0.3 is 0 Å². The molecule has 0 radical (unpaired) electrons. The van der Waals surface area contributed by atoms with Crippen LogP contribution in [0.5, 0.6) is 0 Å². The number of hydrogen-bond donors (Lipinski definition) is 0. The summed E-state index contributed by atoms with van der Waals surface area (Å²) in [6.45, 7) is 0. The van der Waals surface area contributed by atoms with Crippen LogP contribution in [0.2, 0.25) is 0 Å². The van der Waals surface area contributed by atoms with Gasteiger partial charge in [-0.25, -0.2) is 0 Å². The van der Waals surface area contributed by atoms with Crippen molar-refractivity contribution >= 4 is 81.3 Å². The fourth-order valence-corrected chi connectivity index (χ4v) is 8.49. The van der Waals surface area contributed by atoms with Gasteiger partial charge in [0.15, 0.2) is 0 Å². The SMILES string of the molecule is c1ccc(-c2ccccc2-c2ccc(N(c3ccc4oc5ccccc5c4c3)c3ccc4ccc5sc6ccccc6c5c4c3)cc2)cc1. The molecule has 0 aliphatic heterocycles. The predicted octanol–water partition coefficient (Wildman–Crippen LogP) is 13.9. The Morgan fingerprint density at radius 3 is 1.80 bits per heavy atom. The van der Waals surface area contributed by atoms with E-state index in [1.807, 2.05) is 23.5 Å². The van der Waals surface area contributed by atoms with E-state index in [1.165, 1.54) is 53.2 Å². The summed E-state index contributed by atoms with van der Waals surface area (Å²) >= 11 is 1.86. The summed E-state index contributed by atoms with van der Waals surface area (Å²) < 4.78 is 8.86. The standard InChI is InChI=1S/C46H29NOS/c1-2-10-30(11-3-1)36-12-4-5-13-37(36)31-18-22-33(23-19-31)47(35-25-26-43-41(29-35)38-14-6-8-16-42(38)48-43)34-24-20-32-21-27-45-46(40(32)28-34)39-15-7-9-17-44(39)49-45/h1-29H. The smallest absolute Gasteiger partial charge is 0.135 e. The number of benzene rings is 8. The Hall–Kier alpha value is -6.16. The summed E-state index contributed by atoms with van der Waals surface area (Å²) in [6, 6.07) is 63.3. The third-order valence-corrected chi connectivity index (χ3v) is 10.8. The maximum absolute atomic E-state index is 6.23. The van der Waals surface area contributed by atoms with Crippen LogP contribution in [0.3, 0.4) is 0 Å². The monoisotopic (exact) mass is 643 g/mol. The van der Waals surface area contributed by atoms with Crippen molar-refractivity contribution in [3.8, 4) is 22.3 Å². The lowest BCUT2D eigenvalue weighted by Gasteiger charge is -2.26. The van der Waals surface area contributed by atoms with E-state index in [4.69, 9.17) is 4.42 Å². The molecule has 2 heterocycles. The first kappa shape index (κ1) is 27.9. The van der Waals surface area contributed by atoms with Gasteiger partial charge in [-0.2, -0.15) is 0 Å². The Bertz CT molecular complexity index is 2830. The molecule has 3 heteroatoms. The molecule has 0 saturated heterocycles. The highest BCUT2D eigenvalue weighted by atomic mass is 32.1. The number of para-hydroxylation sites is 1. The van der Waals surface area contributed by atoms with Gasteiger partial charge in [0.05, 0.1) is 0 Å². The fourth-order valence-electron chi connectivity index (χ4n) is 7.36. The Morgan fingerprint density at radius 2 is 0.980 bits per heavy atom. The zero-order chi connectivity index (χ0) is 32.3. The van der Waals surface area contributed by atoms with Gasteiger partial charge in [0.2, 0.25) is 0 Å². The van der Waals surface area contributed by atoms with Crippen LogP contribution in [-0.4, -0.2) is 0 Å². The Kier molecular flexibility index (Phi) is 6.39. The Labute approximate surface area is 287 Å². The second-order valence-electron chi connectivity index (χ2n) is 12.5. The average molecular weight is 644 g/mol. The molecule has 0 amide bonds. The molecule has 0 aliphatic rings. The minimum absolute atomic E-state index is 0.891. The van der Waals surface area contributed by atoms with Gasteiger partial charge < -0.3 is 9.32 Å². The van der Waals surface area contributed by atoms with Gasteiger partial charge in [0, 0.05) is 48.0 Å². The molecule has 0 spiro atoms. The van der Waals surface area contributed by atoms with Crippen LogP contribution in [0.1, 0.15) is 0 Å². The van der Waals surface area contributed by atoms with Gasteiger partial charge in [-0.3, -0.25) is 0 Å². The zero-order valence-corrected chi connectivity index (χ0v) is 27.3. The molecule has 8 aromatic carbocycles. The summed E-state index contributed by atoms with van der Waals surface area (Å²) in [7, 11) is 0. The van der Waals surface area contributed by atoms with E-state index in [-0.39, 0.29) is 0 Å². The Morgan fingerprint density at radius 1 is 0.388 bits per heavy atom. The third kappa shape index (κ3) is 4.62. The highest BCUT2D eigenvalue weighted by Gasteiger charge is 2.18. The van der Waals surface area contributed by atoms with E-state index in [1.54, 1.807) is 0 Å². The van der Waals surface area contributed by atoms with Crippen LogP contribution in [-0.2, 0) is 0 Å². The number of rotatable bonds is 5. The van der Waals surface area contributed by atoms with E-state index in [0.717, 1.165) is 39.0 Å². The van der Waals surface area contributed by atoms with E-state index in [9.17, 15) is 0 Å². The summed E-state index contributed by atoms with van der Waals surface area (Å²) in [4.78, 5) is 2.38.